The molecule has 0 fully saturated rings. The van der Waals surface area contributed by atoms with Gasteiger partial charge in [-0.15, -0.1) is 0 Å². The van der Waals surface area contributed by atoms with Gasteiger partial charge in [-0.1, -0.05) is 30.3 Å². The molecule has 2 amide bonds. The molecule has 1 N–H and O–H groups in total. The van der Waals surface area contributed by atoms with E-state index in [1.54, 1.807) is 32.3 Å². The SMILES string of the molecule is C[C@H]1Oc2cccnc2N(C)C(=O)[C@H]1NC(=O)c1ncc(Cc2ccccc2)o1. The molecule has 1 aliphatic heterocycles. The Morgan fingerprint density at radius 2 is 1.97 bits per heavy atom. The van der Waals surface area contributed by atoms with Gasteiger partial charge in [0, 0.05) is 19.7 Å². The van der Waals surface area contributed by atoms with Crippen molar-refractivity contribution < 1.29 is 18.7 Å². The molecule has 0 bridgehead atoms. The molecule has 1 aromatic carbocycles. The van der Waals surface area contributed by atoms with E-state index < -0.39 is 18.1 Å². The van der Waals surface area contributed by atoms with Gasteiger partial charge in [0.15, 0.2) is 11.6 Å². The van der Waals surface area contributed by atoms with Crippen LogP contribution >= 0.6 is 0 Å². The number of fused-ring (bicyclic) bond motifs is 1. The molecule has 148 valence electrons. The number of nitrogens with zero attached hydrogens (tertiary/aromatic N) is 3. The first kappa shape index (κ1) is 18.7. The second-order valence-electron chi connectivity index (χ2n) is 6.79. The molecule has 0 unspecified atom stereocenters. The number of carbonyl (C=O) groups is 2. The van der Waals surface area contributed by atoms with E-state index in [-0.39, 0.29) is 11.8 Å². The standard InChI is InChI=1S/C21H20N4O4/c1-13-17(21(27)25(2)18-16(28-13)9-6-10-22-18)24-19(26)20-23-12-15(29-20)11-14-7-4-3-5-8-14/h3-10,12-13,17H,11H2,1-2H3,(H,24,26)/t13-,17+/m1/s1. The molecule has 2 atom stereocenters. The Balaban J connectivity index is 1.49. The van der Waals surface area contributed by atoms with E-state index in [0.717, 1.165) is 5.56 Å². The number of aromatic nitrogens is 2. The molecular weight excluding hydrogens is 372 g/mol. The topological polar surface area (TPSA) is 97.6 Å². The minimum atomic E-state index is -0.911. The van der Waals surface area contributed by atoms with Gasteiger partial charge in [0.2, 0.25) is 0 Å². The molecule has 2 aromatic heterocycles. The summed E-state index contributed by atoms with van der Waals surface area (Å²) in [6.07, 6.45) is 3.02. The quantitative estimate of drug-likeness (QED) is 0.731. The average molecular weight is 392 g/mol. The van der Waals surface area contributed by atoms with Crippen molar-refractivity contribution in [2.24, 2.45) is 0 Å². The Morgan fingerprint density at radius 3 is 2.76 bits per heavy atom. The van der Waals surface area contributed by atoms with Gasteiger partial charge in [-0.05, 0) is 24.6 Å². The fraction of sp³-hybridized carbons (Fsp3) is 0.238. The smallest absolute Gasteiger partial charge is 0.307 e. The molecule has 8 nitrogen and oxygen atoms in total. The number of carbonyl (C=O) groups excluding carboxylic acids is 2. The summed E-state index contributed by atoms with van der Waals surface area (Å²) in [5, 5.41) is 2.68. The fourth-order valence-corrected chi connectivity index (χ4v) is 3.18. The van der Waals surface area contributed by atoms with Crippen LogP contribution < -0.4 is 15.0 Å². The van der Waals surface area contributed by atoms with E-state index in [9.17, 15) is 9.59 Å². The summed E-state index contributed by atoms with van der Waals surface area (Å²) in [7, 11) is 1.60. The Kier molecular flexibility index (Phi) is 4.99. The first-order valence-corrected chi connectivity index (χ1v) is 9.21. The third-order valence-electron chi connectivity index (χ3n) is 4.70. The number of rotatable bonds is 4. The molecule has 8 heteroatoms. The highest BCUT2D eigenvalue weighted by Gasteiger charge is 2.37. The number of likely N-dealkylation sites (N-methyl/N-ethyl adjacent to an activating group) is 1. The van der Waals surface area contributed by atoms with Crippen LogP contribution in [-0.4, -0.2) is 41.0 Å². The van der Waals surface area contributed by atoms with Gasteiger partial charge in [-0.2, -0.15) is 0 Å². The van der Waals surface area contributed by atoms with Gasteiger partial charge in [-0.25, -0.2) is 9.97 Å². The van der Waals surface area contributed by atoms with Crippen LogP contribution in [0.1, 0.15) is 28.9 Å². The summed E-state index contributed by atoms with van der Waals surface area (Å²) in [5.41, 5.74) is 1.04. The van der Waals surface area contributed by atoms with Gasteiger partial charge < -0.3 is 14.5 Å². The lowest BCUT2D eigenvalue weighted by atomic mass is 10.1. The summed E-state index contributed by atoms with van der Waals surface area (Å²) < 4.78 is 11.4. The number of pyridine rings is 1. The van der Waals surface area contributed by atoms with E-state index in [1.807, 2.05) is 30.3 Å². The zero-order valence-electron chi connectivity index (χ0n) is 16.0. The zero-order valence-corrected chi connectivity index (χ0v) is 16.0. The number of nitrogens with one attached hydrogen (secondary N) is 1. The molecule has 0 saturated heterocycles. The van der Waals surface area contributed by atoms with Crippen molar-refractivity contribution >= 4 is 17.6 Å². The number of amides is 2. The number of hydrogen-bond acceptors (Lipinski definition) is 6. The Morgan fingerprint density at radius 1 is 1.17 bits per heavy atom. The summed E-state index contributed by atoms with van der Waals surface area (Å²) in [6.45, 7) is 1.72. The molecule has 0 radical (unpaired) electrons. The minimum absolute atomic E-state index is 0.0986. The average Bonchev–Trinajstić information content (AvgIpc) is 3.17. The normalized spacial score (nSPS) is 18.6. The predicted molar refractivity (Wildman–Crippen MR) is 105 cm³/mol. The Hall–Kier alpha value is -3.68. The Bertz CT molecular complexity index is 1030. The van der Waals surface area contributed by atoms with Gasteiger partial charge in [0.1, 0.15) is 17.9 Å². The predicted octanol–water partition coefficient (Wildman–Crippen LogP) is 2.20. The summed E-state index contributed by atoms with van der Waals surface area (Å²) in [4.78, 5) is 35.1. The maximum atomic E-state index is 12.9. The number of ether oxygens (including phenoxy) is 1. The van der Waals surface area contributed by atoms with Crippen molar-refractivity contribution in [3.63, 3.8) is 0 Å². The highest BCUT2D eigenvalue weighted by Crippen LogP contribution is 2.29. The highest BCUT2D eigenvalue weighted by molar-refractivity contribution is 6.01. The van der Waals surface area contributed by atoms with Gasteiger partial charge in [-0.3, -0.25) is 14.5 Å². The zero-order chi connectivity index (χ0) is 20.4. The lowest BCUT2D eigenvalue weighted by Gasteiger charge is -2.22. The van der Waals surface area contributed by atoms with E-state index in [1.165, 1.54) is 11.1 Å². The first-order chi connectivity index (χ1) is 14.0. The fourth-order valence-electron chi connectivity index (χ4n) is 3.18. The second kappa shape index (κ2) is 7.75. The minimum Gasteiger partial charge on any atom is -0.484 e. The lowest BCUT2D eigenvalue weighted by molar-refractivity contribution is -0.121. The summed E-state index contributed by atoms with van der Waals surface area (Å²) >= 11 is 0. The molecule has 0 spiro atoms. The van der Waals surface area contributed by atoms with Crippen LogP contribution in [0.3, 0.4) is 0 Å². The van der Waals surface area contributed by atoms with Crippen molar-refractivity contribution in [3.05, 3.63) is 72.1 Å². The lowest BCUT2D eigenvalue weighted by Crippen LogP contribution is -2.53. The number of hydrogen-bond donors (Lipinski definition) is 1. The Labute approximate surface area is 167 Å². The first-order valence-electron chi connectivity index (χ1n) is 9.21. The van der Waals surface area contributed by atoms with Gasteiger partial charge in [0.25, 0.3) is 11.8 Å². The van der Waals surface area contributed by atoms with Crippen LogP contribution in [0, 0.1) is 0 Å². The maximum Gasteiger partial charge on any atom is 0.307 e. The van der Waals surface area contributed by atoms with Crippen molar-refractivity contribution in [2.45, 2.75) is 25.5 Å². The van der Waals surface area contributed by atoms with Gasteiger partial charge in [0.05, 0.1) is 6.20 Å². The third-order valence-corrected chi connectivity index (χ3v) is 4.70. The molecule has 0 aliphatic carbocycles. The van der Waals surface area contributed by atoms with Crippen molar-refractivity contribution in [1.82, 2.24) is 15.3 Å². The largest absolute Gasteiger partial charge is 0.484 e. The number of anilines is 1. The third kappa shape index (κ3) is 3.82. The molecule has 0 saturated carbocycles. The molecule has 29 heavy (non-hydrogen) atoms. The number of oxazole rings is 1. The number of benzene rings is 1. The van der Waals surface area contributed by atoms with Crippen molar-refractivity contribution in [3.8, 4) is 5.75 Å². The van der Waals surface area contributed by atoms with E-state index in [4.69, 9.17) is 9.15 Å². The molecule has 4 rings (SSSR count). The van der Waals surface area contributed by atoms with Crippen LogP contribution in [0.25, 0.3) is 0 Å². The van der Waals surface area contributed by atoms with E-state index in [2.05, 4.69) is 15.3 Å². The van der Waals surface area contributed by atoms with E-state index in [0.29, 0.717) is 23.7 Å². The van der Waals surface area contributed by atoms with E-state index >= 15 is 0 Å². The maximum absolute atomic E-state index is 12.9. The molecule has 3 heterocycles. The highest BCUT2D eigenvalue weighted by atomic mass is 16.5. The van der Waals surface area contributed by atoms with Crippen LogP contribution in [0.4, 0.5) is 5.82 Å². The van der Waals surface area contributed by atoms with Crippen molar-refractivity contribution in [1.29, 1.82) is 0 Å². The van der Waals surface area contributed by atoms with Crippen LogP contribution in [-0.2, 0) is 11.2 Å². The van der Waals surface area contributed by atoms with Crippen molar-refractivity contribution in [2.75, 3.05) is 11.9 Å². The van der Waals surface area contributed by atoms with Crippen LogP contribution in [0.2, 0.25) is 0 Å². The summed E-state index contributed by atoms with van der Waals surface area (Å²) in [6, 6.07) is 12.3. The second-order valence-corrected chi connectivity index (χ2v) is 6.79. The van der Waals surface area contributed by atoms with Crippen LogP contribution in [0.5, 0.6) is 5.75 Å². The summed E-state index contributed by atoms with van der Waals surface area (Å²) in [5.74, 6) is 0.436. The van der Waals surface area contributed by atoms with Gasteiger partial charge >= 0.3 is 5.91 Å². The molecular formula is C21H20N4O4. The molecule has 1 aliphatic rings. The van der Waals surface area contributed by atoms with Crippen LogP contribution in [0.15, 0.2) is 59.3 Å². The molecule has 3 aromatic rings. The monoisotopic (exact) mass is 392 g/mol.